The number of phenols is 1. The maximum atomic E-state index is 11.6. The Hall–Kier alpha value is -4.13. The fourth-order valence-electron chi connectivity index (χ4n) is 3.28. The van der Waals surface area contributed by atoms with Crippen LogP contribution in [0.2, 0.25) is 0 Å². The zero-order valence-electron chi connectivity index (χ0n) is 14.5. The average molecular weight is 369 g/mol. The first-order valence-corrected chi connectivity index (χ1v) is 8.57. The van der Waals surface area contributed by atoms with Crippen LogP contribution < -0.4 is 10.1 Å². The molecule has 5 rings (SSSR count). The standard InChI is InChI=1S/C21H12N4O3/c26-17-6-2-4-14(10-17)13-3-1-5-16(9-13)24-12-22-18-8-7-15(11-19(18)24)20-23-21(27)25(20)28/h1-12H/p+1. The van der Waals surface area contributed by atoms with Gasteiger partial charge >= 0.3 is 11.5 Å². The maximum absolute atomic E-state index is 11.6. The van der Waals surface area contributed by atoms with Gasteiger partial charge < -0.3 is 5.11 Å². The molecule has 28 heavy (non-hydrogen) atoms. The van der Waals surface area contributed by atoms with Crippen molar-refractivity contribution < 1.29 is 9.53 Å². The lowest BCUT2D eigenvalue weighted by molar-refractivity contribution is -0.527. The zero-order valence-corrected chi connectivity index (χ0v) is 14.5. The van der Waals surface area contributed by atoms with Gasteiger partial charge in [-0.2, -0.15) is 0 Å². The summed E-state index contributed by atoms with van der Waals surface area (Å²) in [5.41, 5.74) is 4.06. The highest BCUT2D eigenvalue weighted by molar-refractivity contribution is 5.82. The molecule has 5 aromatic rings. The second kappa shape index (κ2) is 5.95. The van der Waals surface area contributed by atoms with Gasteiger partial charge in [-0.3, -0.25) is 4.57 Å². The number of benzene rings is 3. The molecule has 7 nitrogen and oxygen atoms in total. The second-order valence-electron chi connectivity index (χ2n) is 6.43. The lowest BCUT2D eigenvalue weighted by atomic mass is 10.0. The van der Waals surface area contributed by atoms with E-state index in [1.807, 2.05) is 34.9 Å². The first-order valence-electron chi connectivity index (χ1n) is 8.57. The van der Waals surface area contributed by atoms with Gasteiger partial charge in [-0.15, -0.1) is 0 Å². The number of nitrogens with zero attached hydrogens (tertiary/aromatic N) is 4. The van der Waals surface area contributed by atoms with Gasteiger partial charge in [-0.25, -0.2) is 9.78 Å². The molecule has 0 spiro atoms. The predicted octanol–water partition coefficient (Wildman–Crippen LogP) is 2.61. The number of imidazole rings is 1. The smallest absolute Gasteiger partial charge is 0.508 e. The molecule has 0 saturated carbocycles. The summed E-state index contributed by atoms with van der Waals surface area (Å²) in [5.74, 6) is 0.312. The van der Waals surface area contributed by atoms with Gasteiger partial charge in [-0.1, -0.05) is 29.2 Å². The van der Waals surface area contributed by atoms with E-state index < -0.39 is 5.69 Å². The molecular weight excluding hydrogens is 356 g/mol. The quantitative estimate of drug-likeness (QED) is 0.494. The topological polar surface area (TPSA) is 91.0 Å². The van der Waals surface area contributed by atoms with Crippen molar-refractivity contribution in [3.63, 3.8) is 0 Å². The van der Waals surface area contributed by atoms with E-state index in [-0.39, 0.29) is 16.0 Å². The van der Waals surface area contributed by atoms with Crippen molar-refractivity contribution >= 4 is 11.0 Å². The minimum atomic E-state index is -0.789. The normalized spacial score (nSPS) is 11.3. The van der Waals surface area contributed by atoms with Crippen molar-refractivity contribution in [1.82, 2.24) is 14.5 Å². The lowest BCUT2D eigenvalue weighted by Gasteiger charge is -2.08. The van der Waals surface area contributed by atoms with Crippen LogP contribution in [0, 0.1) is 4.91 Å². The highest BCUT2D eigenvalue weighted by atomic mass is 16.3. The fourth-order valence-corrected chi connectivity index (χ4v) is 3.28. The summed E-state index contributed by atoms with van der Waals surface area (Å²) < 4.78 is 2.19. The molecule has 0 saturated heterocycles. The molecule has 0 fully saturated rings. The van der Waals surface area contributed by atoms with Crippen LogP contribution in [0.1, 0.15) is 0 Å². The van der Waals surface area contributed by atoms with E-state index in [2.05, 4.69) is 9.97 Å². The summed E-state index contributed by atoms with van der Waals surface area (Å²) in [6.07, 6.45) is 1.71. The largest absolute Gasteiger partial charge is 0.521 e. The van der Waals surface area contributed by atoms with E-state index >= 15 is 0 Å². The minimum Gasteiger partial charge on any atom is -0.508 e. The summed E-state index contributed by atoms with van der Waals surface area (Å²) in [6, 6.07) is 20.2. The number of aromatic nitrogens is 4. The molecule has 0 radical (unpaired) electrons. The third-order valence-electron chi connectivity index (χ3n) is 4.68. The SMILES string of the molecule is O=c1nc(-c2ccc3ncn(-c4cccc(-c5cccc(O)c5)c4)c3c2)[n+]1=O. The van der Waals surface area contributed by atoms with Crippen molar-refractivity contribution in [2.45, 2.75) is 0 Å². The Kier molecular flexibility index (Phi) is 3.42. The van der Waals surface area contributed by atoms with Crippen LogP contribution >= 0.6 is 0 Å². The molecule has 134 valence electrons. The molecule has 3 aromatic carbocycles. The average Bonchev–Trinajstić information content (AvgIpc) is 3.15. The number of hydrogen-bond donors (Lipinski definition) is 1. The first-order chi connectivity index (χ1) is 13.6. The van der Waals surface area contributed by atoms with Gasteiger partial charge in [-0.05, 0) is 58.6 Å². The summed E-state index contributed by atoms with van der Waals surface area (Å²) in [5, 5.41) is 9.74. The van der Waals surface area contributed by atoms with Crippen LogP contribution in [0.4, 0.5) is 0 Å². The summed E-state index contributed by atoms with van der Waals surface area (Å²) >= 11 is 0. The molecule has 1 N–H and O–H groups in total. The number of aromatic hydroxyl groups is 1. The lowest BCUT2D eigenvalue weighted by Crippen LogP contribution is -2.47. The summed E-state index contributed by atoms with van der Waals surface area (Å²) in [4.78, 5) is 30.8. The Morgan fingerprint density at radius 3 is 2.43 bits per heavy atom. The molecule has 0 aliphatic carbocycles. The van der Waals surface area contributed by atoms with Gasteiger partial charge in [0.05, 0.1) is 16.6 Å². The van der Waals surface area contributed by atoms with Crippen molar-refractivity contribution in [3.8, 4) is 34.0 Å². The Morgan fingerprint density at radius 1 is 0.893 bits per heavy atom. The molecule has 0 amide bonds. The zero-order chi connectivity index (χ0) is 19.3. The monoisotopic (exact) mass is 369 g/mol. The Bertz CT molecular complexity index is 1430. The molecule has 2 aromatic heterocycles. The van der Waals surface area contributed by atoms with Crippen LogP contribution in [0.3, 0.4) is 0 Å². The predicted molar refractivity (Wildman–Crippen MR) is 103 cm³/mol. The van der Waals surface area contributed by atoms with Crippen LogP contribution in [0.25, 0.3) is 39.2 Å². The van der Waals surface area contributed by atoms with Crippen molar-refractivity contribution in [1.29, 1.82) is 0 Å². The van der Waals surface area contributed by atoms with E-state index in [1.165, 1.54) is 0 Å². The van der Waals surface area contributed by atoms with Crippen molar-refractivity contribution in [2.75, 3.05) is 0 Å². The van der Waals surface area contributed by atoms with E-state index in [1.54, 1.807) is 42.7 Å². The van der Waals surface area contributed by atoms with Crippen LogP contribution in [-0.2, 0) is 0 Å². The van der Waals surface area contributed by atoms with Gasteiger partial charge in [0.15, 0.2) is 0 Å². The number of hydrogen-bond acceptors (Lipinski definition) is 5. The van der Waals surface area contributed by atoms with E-state index in [0.29, 0.717) is 5.56 Å². The molecule has 0 aliphatic heterocycles. The fraction of sp³-hybridized carbons (Fsp3) is 0. The van der Waals surface area contributed by atoms with Gasteiger partial charge in [0.25, 0.3) is 0 Å². The summed E-state index contributed by atoms with van der Waals surface area (Å²) in [7, 11) is 0. The Morgan fingerprint density at radius 2 is 1.68 bits per heavy atom. The number of rotatable bonds is 3. The third-order valence-corrected chi connectivity index (χ3v) is 4.68. The van der Waals surface area contributed by atoms with Crippen molar-refractivity contribution in [2.24, 2.45) is 0 Å². The Labute approximate surface area is 158 Å². The minimum absolute atomic E-state index is 0.105. The first kappa shape index (κ1) is 16.1. The molecule has 0 unspecified atom stereocenters. The van der Waals surface area contributed by atoms with Gasteiger partial charge in [0.2, 0.25) is 0 Å². The van der Waals surface area contributed by atoms with E-state index in [4.69, 9.17) is 0 Å². The van der Waals surface area contributed by atoms with Gasteiger partial charge in [0.1, 0.15) is 12.1 Å². The van der Waals surface area contributed by atoms with Crippen LogP contribution in [-0.4, -0.2) is 19.6 Å². The number of phenolic OH excluding ortho intramolecular Hbond substituents is 1. The number of fused-ring (bicyclic) bond motifs is 1. The molecule has 0 bridgehead atoms. The third kappa shape index (κ3) is 2.49. The molecular formula is C21H13N4O3+. The summed E-state index contributed by atoms with van der Waals surface area (Å²) in [6.45, 7) is 0. The Balaban J connectivity index is 1.64. The highest BCUT2D eigenvalue weighted by Crippen LogP contribution is 2.27. The van der Waals surface area contributed by atoms with Crippen LogP contribution in [0.5, 0.6) is 5.75 Å². The molecule has 7 heteroatoms. The highest BCUT2D eigenvalue weighted by Gasteiger charge is 2.22. The molecule has 2 heterocycles. The second-order valence-corrected chi connectivity index (χ2v) is 6.43. The van der Waals surface area contributed by atoms with E-state index in [0.717, 1.165) is 27.8 Å². The molecule has 0 atom stereocenters. The maximum Gasteiger partial charge on any atom is 0.521 e. The van der Waals surface area contributed by atoms with Crippen LogP contribution in [0.15, 0.2) is 77.9 Å². The molecule has 0 aliphatic rings. The van der Waals surface area contributed by atoms with Gasteiger partial charge in [0, 0.05) is 10.1 Å². The van der Waals surface area contributed by atoms with E-state index in [9.17, 15) is 14.8 Å². The van der Waals surface area contributed by atoms with Crippen molar-refractivity contribution in [3.05, 3.63) is 88.4 Å².